The van der Waals surface area contributed by atoms with Gasteiger partial charge in [-0.25, -0.2) is 14.8 Å². The summed E-state index contributed by atoms with van der Waals surface area (Å²) in [6, 6.07) is 14.0. The number of carbonyl (C=O) groups is 1. The smallest absolute Gasteiger partial charge is 0.353 e. The summed E-state index contributed by atoms with van der Waals surface area (Å²) in [4.78, 5) is 31.4. The van der Waals surface area contributed by atoms with E-state index in [0.717, 1.165) is 12.0 Å². The Bertz CT molecular complexity index is 1080. The molecule has 1 heterocycles. The van der Waals surface area contributed by atoms with Crippen molar-refractivity contribution in [1.82, 2.24) is 9.97 Å². The van der Waals surface area contributed by atoms with E-state index in [2.05, 4.69) is 27.5 Å². The van der Waals surface area contributed by atoms with Crippen LogP contribution in [-0.2, 0) is 11.2 Å². The lowest BCUT2D eigenvalue weighted by atomic mass is 10.1. The SMILES string of the molecule is CCc1ccc(Nc2ncnc(Nc3ccc(C(=O)OCC(C)C)cc3)c2[N+](=O)[O-])cc1. The molecule has 166 valence electrons. The molecule has 9 nitrogen and oxygen atoms in total. The summed E-state index contributed by atoms with van der Waals surface area (Å²) < 4.78 is 5.21. The minimum Gasteiger partial charge on any atom is -0.462 e. The maximum Gasteiger partial charge on any atom is 0.353 e. The van der Waals surface area contributed by atoms with Crippen LogP contribution in [0.4, 0.5) is 28.7 Å². The topological polar surface area (TPSA) is 119 Å². The van der Waals surface area contributed by atoms with Gasteiger partial charge >= 0.3 is 11.7 Å². The maximum atomic E-state index is 12.1. The molecule has 32 heavy (non-hydrogen) atoms. The number of nitrogens with zero attached hydrogens (tertiary/aromatic N) is 3. The Hall–Kier alpha value is -4.01. The third-order valence-electron chi connectivity index (χ3n) is 4.56. The summed E-state index contributed by atoms with van der Waals surface area (Å²) in [7, 11) is 0. The van der Waals surface area contributed by atoms with Gasteiger partial charge in [0.2, 0.25) is 11.6 Å². The van der Waals surface area contributed by atoms with Gasteiger partial charge in [0.25, 0.3) is 0 Å². The number of anilines is 4. The van der Waals surface area contributed by atoms with E-state index in [-0.39, 0.29) is 23.2 Å². The lowest BCUT2D eigenvalue weighted by molar-refractivity contribution is -0.383. The number of hydrogen-bond donors (Lipinski definition) is 2. The van der Waals surface area contributed by atoms with E-state index in [1.807, 2.05) is 38.1 Å². The number of nitro groups is 1. The molecule has 0 saturated heterocycles. The molecule has 0 aliphatic carbocycles. The first kappa shape index (κ1) is 22.7. The molecule has 1 aromatic heterocycles. The molecule has 3 aromatic rings. The van der Waals surface area contributed by atoms with Gasteiger partial charge in [-0.1, -0.05) is 32.9 Å². The zero-order valence-electron chi connectivity index (χ0n) is 18.2. The van der Waals surface area contributed by atoms with Crippen LogP contribution in [0.25, 0.3) is 0 Å². The predicted octanol–water partition coefficient (Wildman–Crippen LogP) is 5.25. The normalized spacial score (nSPS) is 10.6. The van der Waals surface area contributed by atoms with E-state index in [9.17, 15) is 14.9 Å². The molecular formula is C23H25N5O4. The summed E-state index contributed by atoms with van der Waals surface area (Å²) >= 11 is 0. The Balaban J connectivity index is 1.79. The molecule has 0 spiro atoms. The molecule has 0 unspecified atom stereocenters. The van der Waals surface area contributed by atoms with Crippen molar-refractivity contribution in [3.8, 4) is 0 Å². The molecular weight excluding hydrogens is 410 g/mol. The van der Waals surface area contributed by atoms with Crippen LogP contribution in [0.2, 0.25) is 0 Å². The van der Waals surface area contributed by atoms with Crippen LogP contribution >= 0.6 is 0 Å². The van der Waals surface area contributed by atoms with Crippen LogP contribution in [0.15, 0.2) is 54.9 Å². The first-order valence-corrected chi connectivity index (χ1v) is 10.3. The van der Waals surface area contributed by atoms with Crippen LogP contribution in [0.1, 0.15) is 36.7 Å². The lowest BCUT2D eigenvalue weighted by Gasteiger charge is -2.11. The van der Waals surface area contributed by atoms with Crippen LogP contribution in [0.5, 0.6) is 0 Å². The van der Waals surface area contributed by atoms with E-state index < -0.39 is 10.9 Å². The van der Waals surface area contributed by atoms with Gasteiger partial charge in [0.05, 0.1) is 17.1 Å². The minimum absolute atomic E-state index is 0.0350. The van der Waals surface area contributed by atoms with Crippen molar-refractivity contribution in [3.63, 3.8) is 0 Å². The molecule has 3 rings (SSSR count). The highest BCUT2D eigenvalue weighted by Crippen LogP contribution is 2.33. The molecule has 0 bridgehead atoms. The van der Waals surface area contributed by atoms with Gasteiger partial charge in [-0.3, -0.25) is 10.1 Å². The second-order valence-electron chi connectivity index (χ2n) is 7.55. The molecule has 9 heteroatoms. The highest BCUT2D eigenvalue weighted by Gasteiger charge is 2.23. The van der Waals surface area contributed by atoms with E-state index >= 15 is 0 Å². The molecule has 0 amide bonds. The number of ether oxygens (including phenoxy) is 1. The average Bonchev–Trinajstić information content (AvgIpc) is 2.78. The number of carbonyl (C=O) groups excluding carboxylic acids is 1. The minimum atomic E-state index is -0.539. The Morgan fingerprint density at radius 1 is 1.00 bits per heavy atom. The van der Waals surface area contributed by atoms with Crippen LogP contribution in [0, 0.1) is 16.0 Å². The van der Waals surface area contributed by atoms with Crippen molar-refractivity contribution in [2.24, 2.45) is 5.92 Å². The number of nitrogens with one attached hydrogen (secondary N) is 2. The Morgan fingerprint density at radius 2 is 1.53 bits per heavy atom. The van der Waals surface area contributed by atoms with Crippen molar-refractivity contribution >= 4 is 34.7 Å². The summed E-state index contributed by atoms with van der Waals surface area (Å²) in [6.45, 7) is 6.30. The molecule has 0 fully saturated rings. The average molecular weight is 435 g/mol. The highest BCUT2D eigenvalue weighted by atomic mass is 16.6. The maximum absolute atomic E-state index is 12.1. The summed E-state index contributed by atoms with van der Waals surface area (Å²) in [6.07, 6.45) is 2.14. The molecule has 2 aromatic carbocycles. The van der Waals surface area contributed by atoms with E-state index in [0.29, 0.717) is 23.5 Å². The van der Waals surface area contributed by atoms with Crippen molar-refractivity contribution in [3.05, 3.63) is 76.1 Å². The van der Waals surface area contributed by atoms with Crippen LogP contribution < -0.4 is 10.6 Å². The fraction of sp³-hybridized carbons (Fsp3) is 0.261. The second kappa shape index (κ2) is 10.3. The number of aryl methyl sites for hydroxylation is 1. The molecule has 0 aliphatic heterocycles. The Morgan fingerprint density at radius 3 is 2.00 bits per heavy atom. The van der Waals surface area contributed by atoms with E-state index in [1.165, 1.54) is 6.33 Å². The molecule has 0 aliphatic rings. The Labute approximate surface area is 186 Å². The number of benzene rings is 2. The monoisotopic (exact) mass is 435 g/mol. The van der Waals surface area contributed by atoms with Crippen LogP contribution in [-0.4, -0.2) is 27.5 Å². The van der Waals surface area contributed by atoms with Gasteiger partial charge in [-0.2, -0.15) is 0 Å². The van der Waals surface area contributed by atoms with Crippen molar-refractivity contribution in [1.29, 1.82) is 0 Å². The zero-order valence-corrected chi connectivity index (χ0v) is 18.2. The molecule has 2 N–H and O–H groups in total. The van der Waals surface area contributed by atoms with Gasteiger partial charge in [-0.05, 0) is 54.3 Å². The largest absolute Gasteiger partial charge is 0.462 e. The van der Waals surface area contributed by atoms with E-state index in [1.54, 1.807) is 24.3 Å². The zero-order chi connectivity index (χ0) is 23.1. The van der Waals surface area contributed by atoms with Gasteiger partial charge in [0.15, 0.2) is 0 Å². The number of rotatable bonds is 9. The fourth-order valence-electron chi connectivity index (χ4n) is 2.85. The fourth-order valence-corrected chi connectivity index (χ4v) is 2.85. The van der Waals surface area contributed by atoms with Gasteiger partial charge < -0.3 is 15.4 Å². The van der Waals surface area contributed by atoms with Crippen molar-refractivity contribution in [2.75, 3.05) is 17.2 Å². The first-order valence-electron chi connectivity index (χ1n) is 10.3. The predicted molar refractivity (Wildman–Crippen MR) is 123 cm³/mol. The van der Waals surface area contributed by atoms with E-state index in [4.69, 9.17) is 4.74 Å². The third kappa shape index (κ3) is 5.78. The van der Waals surface area contributed by atoms with Gasteiger partial charge in [0.1, 0.15) is 6.33 Å². The first-order chi connectivity index (χ1) is 15.4. The molecule has 0 saturated carbocycles. The number of hydrogen-bond acceptors (Lipinski definition) is 8. The number of esters is 1. The Kier molecular flexibility index (Phi) is 7.33. The van der Waals surface area contributed by atoms with Crippen LogP contribution in [0.3, 0.4) is 0 Å². The third-order valence-corrected chi connectivity index (χ3v) is 4.56. The summed E-state index contributed by atoms with van der Waals surface area (Å²) in [5, 5.41) is 17.7. The standard InChI is InChI=1S/C23H25N5O4/c1-4-16-5-9-18(10-6-16)26-21-20(28(30)31)22(25-14-24-21)27-19-11-7-17(8-12-19)23(29)32-13-15(2)3/h5-12,14-15H,4,13H2,1-3H3,(H2,24,25,26,27). The van der Waals surface area contributed by atoms with Crippen molar-refractivity contribution < 1.29 is 14.5 Å². The molecule has 0 atom stereocenters. The quantitative estimate of drug-likeness (QED) is 0.266. The highest BCUT2D eigenvalue weighted by molar-refractivity contribution is 5.90. The van der Waals surface area contributed by atoms with Gasteiger partial charge in [0, 0.05) is 11.4 Å². The molecule has 0 radical (unpaired) electrons. The lowest BCUT2D eigenvalue weighted by Crippen LogP contribution is -2.10. The summed E-state index contributed by atoms with van der Waals surface area (Å²) in [5.41, 5.74) is 2.48. The number of aromatic nitrogens is 2. The second-order valence-corrected chi connectivity index (χ2v) is 7.55. The van der Waals surface area contributed by atoms with Crippen molar-refractivity contribution in [2.45, 2.75) is 27.2 Å². The summed E-state index contributed by atoms with van der Waals surface area (Å²) in [5.74, 6) is -0.0668. The van der Waals surface area contributed by atoms with Gasteiger partial charge in [-0.15, -0.1) is 0 Å².